The highest BCUT2D eigenvalue weighted by atomic mass is 32.2. The Morgan fingerprint density at radius 1 is 1.43 bits per heavy atom. The molecule has 2 aromatic heterocycles. The zero-order valence-corrected chi connectivity index (χ0v) is 18.0. The first kappa shape index (κ1) is 19.9. The van der Waals surface area contributed by atoms with Gasteiger partial charge in [-0.25, -0.2) is 4.98 Å². The SMILES string of the molecule is CCOC(=O)CSc1nc2sc3c(c2c(=O)n1C[C@H]1CCCO1)CC[C@H](C)C3. The summed E-state index contributed by atoms with van der Waals surface area (Å²) in [7, 11) is 0. The van der Waals surface area contributed by atoms with Crippen LogP contribution in [0.1, 0.15) is 43.6 Å². The molecule has 28 heavy (non-hydrogen) atoms. The Balaban J connectivity index is 1.74. The van der Waals surface area contributed by atoms with E-state index in [1.165, 1.54) is 22.2 Å². The fourth-order valence-corrected chi connectivity index (χ4v) is 6.22. The number of carbonyl (C=O) groups excluding carboxylic acids is 1. The molecular weight excluding hydrogens is 396 g/mol. The summed E-state index contributed by atoms with van der Waals surface area (Å²) in [5.74, 6) is 0.511. The van der Waals surface area contributed by atoms with E-state index in [0.717, 1.165) is 48.9 Å². The van der Waals surface area contributed by atoms with E-state index in [0.29, 0.717) is 24.2 Å². The summed E-state index contributed by atoms with van der Waals surface area (Å²) >= 11 is 2.92. The van der Waals surface area contributed by atoms with Gasteiger partial charge in [0.2, 0.25) is 0 Å². The molecule has 0 radical (unpaired) electrons. The number of hydrogen-bond donors (Lipinski definition) is 0. The maximum Gasteiger partial charge on any atom is 0.316 e. The lowest BCUT2D eigenvalue weighted by atomic mass is 9.89. The monoisotopic (exact) mass is 422 g/mol. The average molecular weight is 423 g/mol. The molecule has 0 spiro atoms. The summed E-state index contributed by atoms with van der Waals surface area (Å²) in [6.07, 6.45) is 5.09. The molecule has 0 bridgehead atoms. The van der Waals surface area contributed by atoms with Crippen molar-refractivity contribution in [3.05, 3.63) is 20.8 Å². The van der Waals surface area contributed by atoms with Gasteiger partial charge in [0.1, 0.15) is 4.83 Å². The minimum absolute atomic E-state index is 0.0129. The van der Waals surface area contributed by atoms with Gasteiger partial charge in [-0.2, -0.15) is 0 Å². The Bertz CT molecular complexity index is 930. The molecule has 8 heteroatoms. The number of rotatable bonds is 6. The molecule has 152 valence electrons. The first-order valence-corrected chi connectivity index (χ1v) is 11.8. The van der Waals surface area contributed by atoms with E-state index in [2.05, 4.69) is 6.92 Å². The topological polar surface area (TPSA) is 70.4 Å². The molecule has 2 aliphatic rings. The van der Waals surface area contributed by atoms with Gasteiger partial charge in [0.05, 0.1) is 30.4 Å². The Labute approximate surface area is 172 Å². The maximum absolute atomic E-state index is 13.5. The molecule has 6 nitrogen and oxygen atoms in total. The zero-order valence-electron chi connectivity index (χ0n) is 16.4. The minimum atomic E-state index is -0.287. The van der Waals surface area contributed by atoms with Crippen LogP contribution in [0.2, 0.25) is 0 Å². The van der Waals surface area contributed by atoms with Crippen molar-refractivity contribution >= 4 is 39.3 Å². The van der Waals surface area contributed by atoms with Crippen LogP contribution < -0.4 is 5.56 Å². The Kier molecular flexibility index (Phi) is 6.08. The summed E-state index contributed by atoms with van der Waals surface area (Å²) in [5.41, 5.74) is 1.21. The summed E-state index contributed by atoms with van der Waals surface area (Å²) in [6.45, 7) is 5.64. The van der Waals surface area contributed by atoms with Crippen LogP contribution in [-0.4, -0.2) is 40.6 Å². The van der Waals surface area contributed by atoms with Crippen molar-refractivity contribution in [2.24, 2.45) is 5.92 Å². The fraction of sp³-hybridized carbons (Fsp3) is 0.650. The van der Waals surface area contributed by atoms with E-state index in [1.54, 1.807) is 22.8 Å². The van der Waals surface area contributed by atoms with Gasteiger partial charge < -0.3 is 9.47 Å². The molecule has 1 saturated heterocycles. The molecule has 0 aromatic carbocycles. The second kappa shape index (κ2) is 8.55. The molecule has 2 aromatic rings. The molecule has 0 saturated carbocycles. The number of hydrogen-bond acceptors (Lipinski definition) is 7. The summed E-state index contributed by atoms with van der Waals surface area (Å²) < 4.78 is 12.5. The predicted octanol–water partition coefficient (Wildman–Crippen LogP) is 3.42. The first-order valence-electron chi connectivity index (χ1n) is 10.0. The quantitative estimate of drug-likeness (QED) is 0.404. The van der Waals surface area contributed by atoms with Crippen molar-refractivity contribution in [3.63, 3.8) is 0 Å². The molecular formula is C20H26N2O4S2. The highest BCUT2D eigenvalue weighted by molar-refractivity contribution is 7.99. The molecule has 3 heterocycles. The van der Waals surface area contributed by atoms with Crippen molar-refractivity contribution in [1.82, 2.24) is 9.55 Å². The number of aromatic nitrogens is 2. The van der Waals surface area contributed by atoms with Gasteiger partial charge in [-0.1, -0.05) is 18.7 Å². The molecule has 0 N–H and O–H groups in total. The summed E-state index contributed by atoms with van der Waals surface area (Å²) in [6, 6.07) is 0. The number of aryl methyl sites for hydroxylation is 1. The molecule has 0 amide bonds. The number of nitrogens with zero attached hydrogens (tertiary/aromatic N) is 2. The number of thiophene rings is 1. The predicted molar refractivity (Wildman–Crippen MR) is 111 cm³/mol. The van der Waals surface area contributed by atoms with Crippen LogP contribution in [0.4, 0.5) is 0 Å². The molecule has 1 aliphatic heterocycles. The van der Waals surface area contributed by atoms with E-state index in [9.17, 15) is 9.59 Å². The number of esters is 1. The molecule has 2 atom stereocenters. The maximum atomic E-state index is 13.5. The van der Waals surface area contributed by atoms with Crippen molar-refractivity contribution in [1.29, 1.82) is 0 Å². The van der Waals surface area contributed by atoms with E-state index >= 15 is 0 Å². The van der Waals surface area contributed by atoms with Crippen LogP contribution in [0.5, 0.6) is 0 Å². The number of thioether (sulfide) groups is 1. The van der Waals surface area contributed by atoms with Gasteiger partial charge in [0.15, 0.2) is 5.16 Å². The highest BCUT2D eigenvalue weighted by Gasteiger charge is 2.26. The van der Waals surface area contributed by atoms with Crippen molar-refractivity contribution in [2.45, 2.75) is 63.8 Å². The van der Waals surface area contributed by atoms with E-state index in [1.807, 2.05) is 0 Å². The third-order valence-electron chi connectivity index (χ3n) is 5.41. The van der Waals surface area contributed by atoms with Crippen LogP contribution in [0.25, 0.3) is 10.2 Å². The largest absolute Gasteiger partial charge is 0.465 e. The van der Waals surface area contributed by atoms with Crippen molar-refractivity contribution in [2.75, 3.05) is 19.0 Å². The Morgan fingerprint density at radius 2 is 2.29 bits per heavy atom. The van der Waals surface area contributed by atoms with E-state index < -0.39 is 0 Å². The normalized spacial score (nSPS) is 21.8. The van der Waals surface area contributed by atoms with Gasteiger partial charge >= 0.3 is 5.97 Å². The van der Waals surface area contributed by atoms with E-state index in [-0.39, 0.29) is 23.4 Å². The Hall–Kier alpha value is -1.38. The van der Waals surface area contributed by atoms with Gasteiger partial charge in [0, 0.05) is 11.5 Å². The first-order chi connectivity index (χ1) is 13.6. The van der Waals surface area contributed by atoms with Crippen LogP contribution in [-0.2, 0) is 33.7 Å². The van der Waals surface area contributed by atoms with Crippen LogP contribution >= 0.6 is 23.1 Å². The molecule has 1 aliphatic carbocycles. The Morgan fingerprint density at radius 3 is 3.04 bits per heavy atom. The van der Waals surface area contributed by atoms with E-state index in [4.69, 9.17) is 14.5 Å². The van der Waals surface area contributed by atoms with Crippen molar-refractivity contribution < 1.29 is 14.3 Å². The summed E-state index contributed by atoms with van der Waals surface area (Å²) in [4.78, 5) is 32.2. The van der Waals surface area contributed by atoms with Crippen LogP contribution in [0.15, 0.2) is 9.95 Å². The van der Waals surface area contributed by atoms with Crippen LogP contribution in [0.3, 0.4) is 0 Å². The summed E-state index contributed by atoms with van der Waals surface area (Å²) in [5, 5.41) is 1.37. The van der Waals surface area contributed by atoms with Crippen LogP contribution in [0, 0.1) is 5.92 Å². The van der Waals surface area contributed by atoms with Gasteiger partial charge in [-0.15, -0.1) is 11.3 Å². The lowest BCUT2D eigenvalue weighted by Crippen LogP contribution is -2.29. The second-order valence-electron chi connectivity index (χ2n) is 7.57. The number of carbonyl (C=O) groups is 1. The number of fused-ring (bicyclic) bond motifs is 3. The number of ether oxygens (including phenoxy) is 2. The third-order valence-corrected chi connectivity index (χ3v) is 7.51. The lowest BCUT2D eigenvalue weighted by molar-refractivity contribution is -0.139. The standard InChI is InChI=1S/C20H26N2O4S2/c1-3-25-16(23)11-27-20-21-18-17(14-7-6-12(2)9-15(14)28-18)19(24)22(20)10-13-5-4-8-26-13/h12-13H,3-11H2,1-2H3/t12-,13+/m0/s1. The molecule has 0 unspecified atom stereocenters. The smallest absolute Gasteiger partial charge is 0.316 e. The van der Waals surface area contributed by atoms with Gasteiger partial charge in [0.25, 0.3) is 5.56 Å². The van der Waals surface area contributed by atoms with Crippen molar-refractivity contribution in [3.8, 4) is 0 Å². The van der Waals surface area contributed by atoms with Gasteiger partial charge in [-0.05, 0) is 50.5 Å². The average Bonchev–Trinajstić information content (AvgIpc) is 3.29. The second-order valence-corrected chi connectivity index (χ2v) is 9.60. The fourth-order valence-electron chi connectivity index (χ4n) is 3.99. The third kappa shape index (κ3) is 4.00. The molecule has 4 rings (SSSR count). The molecule has 1 fully saturated rings. The van der Waals surface area contributed by atoms with Gasteiger partial charge in [-0.3, -0.25) is 14.2 Å². The lowest BCUT2D eigenvalue weighted by Gasteiger charge is -2.18. The highest BCUT2D eigenvalue weighted by Crippen LogP contribution is 2.36. The zero-order chi connectivity index (χ0) is 19.7. The minimum Gasteiger partial charge on any atom is -0.465 e.